The van der Waals surface area contributed by atoms with Gasteiger partial charge < -0.3 is 14.4 Å². The van der Waals surface area contributed by atoms with E-state index in [1.54, 1.807) is 25.3 Å². The Hall–Kier alpha value is -2.41. The smallest absolute Gasteiger partial charge is 0.242 e. The molecule has 144 valence electrons. The number of rotatable bonds is 4. The van der Waals surface area contributed by atoms with Crippen molar-refractivity contribution in [2.75, 3.05) is 40.3 Å². The van der Waals surface area contributed by atoms with Gasteiger partial charge in [-0.15, -0.1) is 0 Å². The van der Waals surface area contributed by atoms with E-state index in [9.17, 15) is 9.59 Å². The minimum Gasteiger partial charge on any atom is -0.348 e. The van der Waals surface area contributed by atoms with Gasteiger partial charge in [0.1, 0.15) is 6.54 Å². The summed E-state index contributed by atoms with van der Waals surface area (Å²) in [6, 6.07) is 8.08. The highest BCUT2D eigenvalue weighted by molar-refractivity contribution is 5.81. The minimum absolute atomic E-state index is 0.124. The number of piperidine rings is 1. The summed E-state index contributed by atoms with van der Waals surface area (Å²) in [6.45, 7) is 3.23. The molecule has 0 radical (unpaired) electrons. The molecule has 0 N–H and O–H groups in total. The number of hydrogen-bond acceptors (Lipinski definition) is 4. The number of para-hydroxylation sites is 2. The Morgan fingerprint density at radius 1 is 1.11 bits per heavy atom. The molecule has 4 heterocycles. The summed E-state index contributed by atoms with van der Waals surface area (Å²) < 4.78 is 1.93. The Balaban J connectivity index is 1.46. The summed E-state index contributed by atoms with van der Waals surface area (Å²) in [5.41, 5.74) is 1.90. The van der Waals surface area contributed by atoms with Crippen LogP contribution in [0.15, 0.2) is 30.6 Å². The lowest BCUT2D eigenvalue weighted by Crippen LogP contribution is -2.48. The summed E-state index contributed by atoms with van der Waals surface area (Å²) >= 11 is 0. The van der Waals surface area contributed by atoms with Crippen LogP contribution in [-0.4, -0.2) is 82.4 Å². The van der Waals surface area contributed by atoms with E-state index < -0.39 is 0 Å². The Bertz CT molecular complexity index is 846. The topological polar surface area (TPSA) is 61.7 Å². The average molecular weight is 369 g/mol. The van der Waals surface area contributed by atoms with Gasteiger partial charge in [0.25, 0.3) is 0 Å². The number of nitrogens with zero attached hydrogens (tertiary/aromatic N) is 5. The number of carbonyl (C=O) groups is 2. The first-order chi connectivity index (χ1) is 13.0. The second-order valence-corrected chi connectivity index (χ2v) is 7.99. The Morgan fingerprint density at radius 3 is 2.74 bits per heavy atom. The molecule has 5 rings (SSSR count). The normalized spacial score (nSPS) is 22.8. The van der Waals surface area contributed by atoms with Gasteiger partial charge in [0.15, 0.2) is 0 Å². The first-order valence-corrected chi connectivity index (χ1v) is 9.63. The Kier molecular flexibility index (Phi) is 4.86. The molecule has 7 nitrogen and oxygen atoms in total. The average Bonchev–Trinajstić information content (AvgIpc) is 2.84. The second-order valence-electron chi connectivity index (χ2n) is 7.99. The third-order valence-corrected chi connectivity index (χ3v) is 5.80. The number of likely N-dealkylation sites (N-methyl/N-ethyl adjacent to an activating group) is 1. The summed E-state index contributed by atoms with van der Waals surface area (Å²) in [6.07, 6.45) is 3.91. The lowest BCUT2D eigenvalue weighted by molar-refractivity contribution is -0.135. The van der Waals surface area contributed by atoms with E-state index in [1.807, 2.05) is 33.7 Å². The van der Waals surface area contributed by atoms with Crippen LogP contribution in [0.5, 0.6) is 0 Å². The van der Waals surface area contributed by atoms with Gasteiger partial charge in [-0.05, 0) is 30.9 Å². The number of amides is 2. The lowest BCUT2D eigenvalue weighted by atomic mass is 9.95. The molecular weight excluding hydrogens is 342 g/mol. The maximum atomic E-state index is 13.1. The quantitative estimate of drug-likeness (QED) is 0.808. The molecule has 3 aliphatic rings. The number of aromatic nitrogens is 2. The SMILES string of the molecule is CN(C)C(=O)CN1C[C@H]2CC[C@@H](C1)N(C(=O)Cn1cnc3ccccc31)C2. The number of imidazole rings is 1. The fourth-order valence-electron chi connectivity index (χ4n) is 4.32. The lowest BCUT2D eigenvalue weighted by Gasteiger charge is -2.36. The Labute approximate surface area is 159 Å². The van der Waals surface area contributed by atoms with Crippen molar-refractivity contribution in [3.8, 4) is 0 Å². The zero-order valence-electron chi connectivity index (χ0n) is 16.0. The maximum absolute atomic E-state index is 13.1. The van der Waals surface area contributed by atoms with Crippen molar-refractivity contribution in [1.82, 2.24) is 24.3 Å². The van der Waals surface area contributed by atoms with Crippen molar-refractivity contribution in [1.29, 1.82) is 0 Å². The molecule has 2 atom stereocenters. The van der Waals surface area contributed by atoms with Crippen molar-refractivity contribution in [2.24, 2.45) is 5.92 Å². The van der Waals surface area contributed by atoms with E-state index in [1.165, 1.54) is 0 Å². The monoisotopic (exact) mass is 369 g/mol. The minimum atomic E-state index is 0.124. The molecule has 2 amide bonds. The van der Waals surface area contributed by atoms with Crippen LogP contribution in [-0.2, 0) is 16.1 Å². The summed E-state index contributed by atoms with van der Waals surface area (Å²) in [5, 5.41) is 0. The van der Waals surface area contributed by atoms with Crippen molar-refractivity contribution < 1.29 is 9.59 Å². The zero-order chi connectivity index (χ0) is 19.0. The molecule has 1 aromatic heterocycles. The highest BCUT2D eigenvalue weighted by Crippen LogP contribution is 2.28. The molecule has 7 heteroatoms. The van der Waals surface area contributed by atoms with Crippen LogP contribution in [0, 0.1) is 5.92 Å². The van der Waals surface area contributed by atoms with Crippen LogP contribution in [0.25, 0.3) is 11.0 Å². The molecule has 3 aliphatic heterocycles. The zero-order valence-corrected chi connectivity index (χ0v) is 16.0. The molecule has 0 unspecified atom stereocenters. The summed E-state index contributed by atoms with van der Waals surface area (Å²) in [7, 11) is 3.58. The van der Waals surface area contributed by atoms with Crippen LogP contribution < -0.4 is 0 Å². The van der Waals surface area contributed by atoms with Gasteiger partial charge in [0, 0.05) is 39.8 Å². The highest BCUT2D eigenvalue weighted by atomic mass is 16.2. The summed E-state index contributed by atoms with van der Waals surface area (Å²) in [5.74, 6) is 0.717. The van der Waals surface area contributed by atoms with Crippen molar-refractivity contribution in [3.63, 3.8) is 0 Å². The van der Waals surface area contributed by atoms with E-state index >= 15 is 0 Å². The van der Waals surface area contributed by atoms with E-state index in [-0.39, 0.29) is 17.9 Å². The molecule has 0 saturated carbocycles. The van der Waals surface area contributed by atoms with E-state index in [0.717, 1.165) is 43.5 Å². The van der Waals surface area contributed by atoms with Crippen LogP contribution in [0.4, 0.5) is 0 Å². The number of benzene rings is 1. The molecular formula is C20H27N5O2. The van der Waals surface area contributed by atoms with Crippen molar-refractivity contribution in [3.05, 3.63) is 30.6 Å². The Morgan fingerprint density at radius 2 is 1.93 bits per heavy atom. The van der Waals surface area contributed by atoms with Gasteiger partial charge in [-0.2, -0.15) is 0 Å². The number of fused-ring (bicyclic) bond motifs is 5. The highest BCUT2D eigenvalue weighted by Gasteiger charge is 2.37. The van der Waals surface area contributed by atoms with E-state index in [0.29, 0.717) is 19.0 Å². The number of hydrogen-bond donors (Lipinski definition) is 0. The molecule has 2 aromatic rings. The van der Waals surface area contributed by atoms with E-state index in [2.05, 4.69) is 9.88 Å². The predicted molar refractivity (Wildman–Crippen MR) is 103 cm³/mol. The summed E-state index contributed by atoms with van der Waals surface area (Å²) in [4.78, 5) is 35.5. The standard InChI is InChI=1S/C20H27N5O2/c1-22(2)19(26)12-23-9-15-7-8-16(11-23)25(10-15)20(27)13-24-14-21-17-5-3-4-6-18(17)24/h3-6,14-16H,7-13H2,1-2H3/t15-,16+/m1/s1. The molecule has 2 bridgehead atoms. The van der Waals surface area contributed by atoms with Crippen molar-refractivity contribution >= 4 is 22.8 Å². The number of carbonyl (C=O) groups excluding carboxylic acids is 2. The fraction of sp³-hybridized carbons (Fsp3) is 0.550. The third kappa shape index (κ3) is 3.69. The molecule has 3 fully saturated rings. The van der Waals surface area contributed by atoms with E-state index in [4.69, 9.17) is 0 Å². The van der Waals surface area contributed by atoms with Crippen LogP contribution >= 0.6 is 0 Å². The molecule has 3 saturated heterocycles. The van der Waals surface area contributed by atoms with Crippen molar-refractivity contribution in [2.45, 2.75) is 25.4 Å². The first-order valence-electron chi connectivity index (χ1n) is 9.63. The van der Waals surface area contributed by atoms with Gasteiger partial charge in [-0.1, -0.05) is 12.1 Å². The van der Waals surface area contributed by atoms with Gasteiger partial charge in [-0.3, -0.25) is 14.5 Å². The van der Waals surface area contributed by atoms with Crippen LogP contribution in [0.1, 0.15) is 12.8 Å². The fourth-order valence-corrected chi connectivity index (χ4v) is 4.32. The second kappa shape index (κ2) is 7.31. The van der Waals surface area contributed by atoms with Crippen LogP contribution in [0.2, 0.25) is 0 Å². The maximum Gasteiger partial charge on any atom is 0.242 e. The van der Waals surface area contributed by atoms with Gasteiger partial charge >= 0.3 is 0 Å². The third-order valence-electron chi connectivity index (χ3n) is 5.80. The first kappa shape index (κ1) is 18.0. The largest absolute Gasteiger partial charge is 0.348 e. The molecule has 1 aromatic carbocycles. The van der Waals surface area contributed by atoms with Gasteiger partial charge in [0.2, 0.25) is 11.8 Å². The van der Waals surface area contributed by atoms with Crippen LogP contribution in [0.3, 0.4) is 0 Å². The molecule has 0 spiro atoms. The molecule has 0 aliphatic carbocycles. The van der Waals surface area contributed by atoms with Gasteiger partial charge in [0.05, 0.1) is 23.9 Å². The molecule has 27 heavy (non-hydrogen) atoms. The van der Waals surface area contributed by atoms with Gasteiger partial charge in [-0.25, -0.2) is 4.98 Å². The predicted octanol–water partition coefficient (Wildman–Crippen LogP) is 1.05.